The summed E-state index contributed by atoms with van der Waals surface area (Å²) >= 11 is 5.86. The lowest BCUT2D eigenvalue weighted by Gasteiger charge is -2.38. The molecular weight excluding hydrogens is 378 g/mol. The van der Waals surface area contributed by atoms with Crippen molar-refractivity contribution in [3.8, 4) is 0 Å². The van der Waals surface area contributed by atoms with Gasteiger partial charge in [-0.15, -0.1) is 0 Å². The van der Waals surface area contributed by atoms with Gasteiger partial charge in [0.25, 0.3) is 0 Å². The van der Waals surface area contributed by atoms with E-state index in [1.807, 2.05) is 21.9 Å². The molecule has 2 fully saturated rings. The standard InChI is InChI=1S/C21H28ClN3O3/c1-15(26)24-12-10-19(11-13-24)25(18-6-7-18)21(28)9-8-20(27)23-14-16-2-4-17(22)5-3-16/h2-5,18-19H,6-14H2,1H3,(H,23,27). The summed E-state index contributed by atoms with van der Waals surface area (Å²) < 4.78 is 0. The van der Waals surface area contributed by atoms with Crippen LogP contribution in [0.3, 0.4) is 0 Å². The van der Waals surface area contributed by atoms with Crippen LogP contribution in [-0.4, -0.2) is 52.7 Å². The number of nitrogens with zero attached hydrogens (tertiary/aromatic N) is 2. The molecule has 1 saturated carbocycles. The summed E-state index contributed by atoms with van der Waals surface area (Å²) in [6, 6.07) is 7.83. The molecule has 1 heterocycles. The molecular formula is C21H28ClN3O3. The maximum Gasteiger partial charge on any atom is 0.223 e. The minimum Gasteiger partial charge on any atom is -0.352 e. The molecule has 1 aliphatic heterocycles. The molecule has 1 aliphatic carbocycles. The molecule has 3 amide bonds. The Morgan fingerprint density at radius 3 is 2.21 bits per heavy atom. The third kappa shape index (κ3) is 5.71. The first-order valence-electron chi connectivity index (χ1n) is 10.0. The second kappa shape index (κ2) is 9.41. The third-order valence-electron chi connectivity index (χ3n) is 5.50. The van der Waals surface area contributed by atoms with E-state index in [2.05, 4.69) is 5.32 Å². The van der Waals surface area contributed by atoms with Gasteiger partial charge in [-0.3, -0.25) is 14.4 Å². The summed E-state index contributed by atoms with van der Waals surface area (Å²) in [4.78, 5) is 40.3. The molecule has 0 spiro atoms. The number of carbonyl (C=O) groups is 3. The molecule has 0 unspecified atom stereocenters. The molecule has 3 rings (SSSR count). The van der Waals surface area contributed by atoms with Gasteiger partial charge in [-0.1, -0.05) is 23.7 Å². The fourth-order valence-corrected chi connectivity index (χ4v) is 3.88. The Kier molecular flexibility index (Phi) is 6.94. The number of hydrogen-bond donors (Lipinski definition) is 1. The molecule has 1 aromatic carbocycles. The van der Waals surface area contributed by atoms with Crippen LogP contribution < -0.4 is 5.32 Å². The van der Waals surface area contributed by atoms with Gasteiger partial charge in [0.1, 0.15) is 0 Å². The molecule has 0 atom stereocenters. The van der Waals surface area contributed by atoms with Gasteiger partial charge in [-0.25, -0.2) is 0 Å². The van der Waals surface area contributed by atoms with Crippen molar-refractivity contribution < 1.29 is 14.4 Å². The molecule has 28 heavy (non-hydrogen) atoms. The van der Waals surface area contributed by atoms with Gasteiger partial charge in [0.2, 0.25) is 17.7 Å². The molecule has 7 heteroatoms. The number of likely N-dealkylation sites (tertiary alicyclic amines) is 1. The van der Waals surface area contributed by atoms with E-state index in [0.29, 0.717) is 30.7 Å². The van der Waals surface area contributed by atoms with Crippen molar-refractivity contribution in [2.75, 3.05) is 13.1 Å². The van der Waals surface area contributed by atoms with Crippen molar-refractivity contribution in [1.29, 1.82) is 0 Å². The summed E-state index contributed by atoms with van der Waals surface area (Å²) in [5.41, 5.74) is 0.973. The molecule has 1 aromatic rings. The first kappa shape index (κ1) is 20.6. The zero-order chi connectivity index (χ0) is 20.1. The smallest absolute Gasteiger partial charge is 0.223 e. The van der Waals surface area contributed by atoms with E-state index in [9.17, 15) is 14.4 Å². The Morgan fingerprint density at radius 2 is 1.64 bits per heavy atom. The maximum absolute atomic E-state index is 12.8. The monoisotopic (exact) mass is 405 g/mol. The predicted molar refractivity (Wildman–Crippen MR) is 108 cm³/mol. The third-order valence-corrected chi connectivity index (χ3v) is 5.75. The molecule has 0 aromatic heterocycles. The quantitative estimate of drug-likeness (QED) is 0.758. The van der Waals surface area contributed by atoms with Crippen LogP contribution in [0.2, 0.25) is 5.02 Å². The van der Waals surface area contributed by atoms with Crippen LogP contribution in [0, 0.1) is 0 Å². The van der Waals surface area contributed by atoms with E-state index < -0.39 is 0 Å². The number of hydrogen-bond acceptors (Lipinski definition) is 3. The Labute approximate surface area is 171 Å². The fraction of sp³-hybridized carbons (Fsp3) is 0.571. The van der Waals surface area contributed by atoms with E-state index in [1.54, 1.807) is 19.1 Å². The highest BCUT2D eigenvalue weighted by Crippen LogP contribution is 2.32. The minimum absolute atomic E-state index is 0.0606. The van der Waals surface area contributed by atoms with E-state index >= 15 is 0 Å². The highest BCUT2D eigenvalue weighted by Gasteiger charge is 2.38. The van der Waals surface area contributed by atoms with Crippen LogP contribution in [0.25, 0.3) is 0 Å². The summed E-state index contributed by atoms with van der Waals surface area (Å²) in [5, 5.41) is 3.52. The molecule has 0 bridgehead atoms. The van der Waals surface area contributed by atoms with Crippen LogP contribution in [-0.2, 0) is 20.9 Å². The number of nitrogens with one attached hydrogen (secondary N) is 1. The summed E-state index contributed by atoms with van der Waals surface area (Å²) in [5.74, 6) is 0.0379. The maximum atomic E-state index is 12.8. The molecule has 1 N–H and O–H groups in total. The summed E-state index contributed by atoms with van der Waals surface area (Å²) in [7, 11) is 0. The predicted octanol–water partition coefficient (Wildman–Crippen LogP) is 2.74. The van der Waals surface area contributed by atoms with Gasteiger partial charge in [-0.05, 0) is 43.4 Å². The number of carbonyl (C=O) groups excluding carboxylic acids is 3. The van der Waals surface area contributed by atoms with Gasteiger partial charge >= 0.3 is 0 Å². The first-order chi connectivity index (χ1) is 13.4. The summed E-state index contributed by atoms with van der Waals surface area (Å²) in [6.07, 6.45) is 4.16. The van der Waals surface area contributed by atoms with Crippen LogP contribution in [0.1, 0.15) is 51.0 Å². The van der Waals surface area contributed by atoms with Crippen molar-refractivity contribution in [1.82, 2.24) is 15.1 Å². The second-order valence-electron chi connectivity index (χ2n) is 7.67. The van der Waals surface area contributed by atoms with Crippen LogP contribution in [0.4, 0.5) is 0 Å². The lowest BCUT2D eigenvalue weighted by atomic mass is 10.0. The van der Waals surface area contributed by atoms with Gasteiger partial charge in [0.05, 0.1) is 0 Å². The largest absolute Gasteiger partial charge is 0.352 e. The minimum atomic E-state index is -0.120. The lowest BCUT2D eigenvalue weighted by molar-refractivity contribution is -0.138. The van der Waals surface area contributed by atoms with Crippen molar-refractivity contribution in [3.05, 3.63) is 34.9 Å². The van der Waals surface area contributed by atoms with Crippen LogP contribution in [0.15, 0.2) is 24.3 Å². The highest BCUT2D eigenvalue weighted by atomic mass is 35.5. The van der Waals surface area contributed by atoms with Crippen molar-refractivity contribution in [2.45, 2.75) is 64.1 Å². The topological polar surface area (TPSA) is 69.7 Å². The van der Waals surface area contributed by atoms with Crippen LogP contribution in [0.5, 0.6) is 0 Å². The van der Waals surface area contributed by atoms with E-state index in [1.165, 1.54) is 0 Å². The van der Waals surface area contributed by atoms with Gasteiger partial charge in [0, 0.05) is 56.5 Å². The number of rotatable bonds is 7. The Hall–Kier alpha value is -2.08. The van der Waals surface area contributed by atoms with Crippen LogP contribution >= 0.6 is 11.6 Å². The first-order valence-corrected chi connectivity index (χ1v) is 10.4. The SMILES string of the molecule is CC(=O)N1CCC(N(C(=O)CCC(=O)NCc2ccc(Cl)cc2)C2CC2)CC1. The molecule has 0 radical (unpaired) electrons. The lowest BCUT2D eigenvalue weighted by Crippen LogP contribution is -2.49. The zero-order valence-corrected chi connectivity index (χ0v) is 17.1. The second-order valence-corrected chi connectivity index (χ2v) is 8.11. The van der Waals surface area contributed by atoms with Gasteiger partial charge in [0.15, 0.2) is 0 Å². The van der Waals surface area contributed by atoms with Crippen molar-refractivity contribution in [2.24, 2.45) is 0 Å². The number of piperidine rings is 1. The molecule has 2 aliphatic rings. The van der Waals surface area contributed by atoms with E-state index in [4.69, 9.17) is 11.6 Å². The normalized spacial score (nSPS) is 17.3. The fourth-order valence-electron chi connectivity index (χ4n) is 3.76. The molecule has 152 valence electrons. The number of amides is 3. The van der Waals surface area contributed by atoms with E-state index in [0.717, 1.165) is 31.2 Å². The summed E-state index contributed by atoms with van der Waals surface area (Å²) in [6.45, 7) is 3.43. The highest BCUT2D eigenvalue weighted by molar-refractivity contribution is 6.30. The van der Waals surface area contributed by atoms with Crippen molar-refractivity contribution in [3.63, 3.8) is 0 Å². The van der Waals surface area contributed by atoms with Crippen molar-refractivity contribution >= 4 is 29.3 Å². The molecule has 1 saturated heterocycles. The van der Waals surface area contributed by atoms with Gasteiger partial charge < -0.3 is 15.1 Å². The number of benzene rings is 1. The Morgan fingerprint density at radius 1 is 1.04 bits per heavy atom. The Balaban J connectivity index is 1.44. The zero-order valence-electron chi connectivity index (χ0n) is 16.3. The van der Waals surface area contributed by atoms with E-state index in [-0.39, 0.29) is 36.6 Å². The van der Waals surface area contributed by atoms with Gasteiger partial charge in [-0.2, -0.15) is 0 Å². The average molecular weight is 406 g/mol. The average Bonchev–Trinajstić information content (AvgIpc) is 3.51. The molecule has 6 nitrogen and oxygen atoms in total. The number of halogens is 1. The Bertz CT molecular complexity index is 710.